The van der Waals surface area contributed by atoms with Crippen LogP contribution in [0.15, 0.2) is 24.3 Å². The Balaban J connectivity index is 2.32. The van der Waals surface area contributed by atoms with Crippen molar-refractivity contribution in [3.8, 4) is 5.75 Å². The summed E-state index contributed by atoms with van der Waals surface area (Å²) in [6.07, 6.45) is 0.293. The quantitative estimate of drug-likeness (QED) is 0.842. The highest BCUT2D eigenvalue weighted by molar-refractivity contribution is 5.36. The van der Waals surface area contributed by atoms with Crippen LogP contribution in [0, 0.1) is 10.8 Å². The predicted octanol–water partition coefficient (Wildman–Crippen LogP) is 1.97. The Hall–Kier alpha value is -1.06. The number of rotatable bonds is 2. The van der Waals surface area contributed by atoms with E-state index in [0.717, 1.165) is 17.7 Å². The van der Waals surface area contributed by atoms with E-state index in [0.29, 0.717) is 13.2 Å². The molecule has 3 nitrogen and oxygen atoms in total. The van der Waals surface area contributed by atoms with Crippen LogP contribution in [0.5, 0.6) is 5.75 Å². The van der Waals surface area contributed by atoms with Crippen molar-refractivity contribution in [2.75, 3.05) is 13.2 Å². The lowest BCUT2D eigenvalue weighted by Crippen LogP contribution is -2.54. The first-order valence-corrected chi connectivity index (χ1v) is 6.48. The molecule has 3 heteroatoms. The minimum absolute atomic E-state index is 0.199. The molecule has 0 aromatic heterocycles. The number of nitrogens with two attached hydrogens (primary N) is 1. The van der Waals surface area contributed by atoms with Crippen LogP contribution in [0.1, 0.15) is 26.3 Å². The predicted molar refractivity (Wildman–Crippen MR) is 72.6 cm³/mol. The summed E-state index contributed by atoms with van der Waals surface area (Å²) < 4.78 is 5.81. The van der Waals surface area contributed by atoms with Crippen LogP contribution in [0.2, 0.25) is 0 Å². The van der Waals surface area contributed by atoms with Gasteiger partial charge in [-0.1, -0.05) is 39.0 Å². The molecule has 1 aromatic carbocycles. The van der Waals surface area contributed by atoms with E-state index < -0.39 is 6.10 Å². The first-order chi connectivity index (χ1) is 8.39. The van der Waals surface area contributed by atoms with E-state index in [2.05, 4.69) is 0 Å². The highest BCUT2D eigenvalue weighted by atomic mass is 16.5. The third-order valence-corrected chi connectivity index (χ3v) is 3.84. The Morgan fingerprint density at radius 1 is 1.39 bits per heavy atom. The van der Waals surface area contributed by atoms with Gasteiger partial charge in [0.1, 0.15) is 5.75 Å². The third kappa shape index (κ3) is 2.25. The second kappa shape index (κ2) is 4.56. The molecule has 3 N–H and O–H groups in total. The molecule has 0 saturated heterocycles. The molecule has 2 unspecified atom stereocenters. The summed E-state index contributed by atoms with van der Waals surface area (Å²) in [5.74, 6) is 0.919. The fourth-order valence-corrected chi connectivity index (χ4v) is 2.78. The first-order valence-electron chi connectivity index (χ1n) is 6.48. The van der Waals surface area contributed by atoms with Gasteiger partial charge in [0.2, 0.25) is 0 Å². The molecule has 18 heavy (non-hydrogen) atoms. The zero-order valence-electron chi connectivity index (χ0n) is 11.4. The molecule has 1 aliphatic rings. The zero-order valence-corrected chi connectivity index (χ0v) is 11.4. The Labute approximate surface area is 109 Å². The Morgan fingerprint density at radius 3 is 2.67 bits per heavy atom. The molecule has 0 amide bonds. The molecule has 0 saturated carbocycles. The number of aliphatic hydroxyl groups excluding tert-OH is 1. The van der Waals surface area contributed by atoms with Gasteiger partial charge in [-0.15, -0.1) is 0 Å². The van der Waals surface area contributed by atoms with Crippen LogP contribution in [-0.4, -0.2) is 24.4 Å². The summed E-state index contributed by atoms with van der Waals surface area (Å²) in [5.41, 5.74) is 6.51. The van der Waals surface area contributed by atoms with Gasteiger partial charge in [-0.3, -0.25) is 0 Å². The van der Waals surface area contributed by atoms with Crippen molar-refractivity contribution in [1.29, 1.82) is 0 Å². The van der Waals surface area contributed by atoms with Crippen LogP contribution >= 0.6 is 0 Å². The van der Waals surface area contributed by atoms with Crippen LogP contribution in [0.3, 0.4) is 0 Å². The van der Waals surface area contributed by atoms with E-state index in [-0.39, 0.29) is 10.8 Å². The van der Waals surface area contributed by atoms with Gasteiger partial charge in [0.25, 0.3) is 0 Å². The lowest BCUT2D eigenvalue weighted by Gasteiger charge is -2.45. The fourth-order valence-electron chi connectivity index (χ4n) is 2.78. The van der Waals surface area contributed by atoms with Crippen molar-refractivity contribution in [3.05, 3.63) is 29.8 Å². The average molecular weight is 249 g/mol. The highest BCUT2D eigenvalue weighted by Crippen LogP contribution is 2.41. The van der Waals surface area contributed by atoms with Gasteiger partial charge in [0.15, 0.2) is 0 Å². The smallest absolute Gasteiger partial charge is 0.122 e. The molecule has 100 valence electrons. The largest absolute Gasteiger partial charge is 0.493 e. The monoisotopic (exact) mass is 249 g/mol. The summed E-state index contributed by atoms with van der Waals surface area (Å²) in [6, 6.07) is 7.99. The van der Waals surface area contributed by atoms with E-state index >= 15 is 0 Å². The normalized spacial score (nSPS) is 25.2. The minimum atomic E-state index is -0.483. The zero-order chi connectivity index (χ0) is 13.4. The number of fused-ring (bicyclic) bond motifs is 1. The molecule has 0 spiro atoms. The molecule has 1 aromatic rings. The van der Waals surface area contributed by atoms with Gasteiger partial charge in [0.05, 0.1) is 12.7 Å². The number of hydrogen-bond acceptors (Lipinski definition) is 3. The summed E-state index contributed by atoms with van der Waals surface area (Å²) in [7, 11) is 0. The van der Waals surface area contributed by atoms with Gasteiger partial charge >= 0.3 is 0 Å². The number of benzene rings is 1. The van der Waals surface area contributed by atoms with E-state index in [1.165, 1.54) is 0 Å². The second-order valence-electron chi connectivity index (χ2n) is 6.41. The number of ether oxygens (including phenoxy) is 1. The molecule has 0 fully saturated rings. The topological polar surface area (TPSA) is 55.5 Å². The first kappa shape index (κ1) is 13.4. The van der Waals surface area contributed by atoms with Crippen molar-refractivity contribution in [3.63, 3.8) is 0 Å². The van der Waals surface area contributed by atoms with Crippen LogP contribution in [0.4, 0.5) is 0 Å². The molecule has 0 bridgehead atoms. The Bertz CT molecular complexity index is 425. The van der Waals surface area contributed by atoms with Gasteiger partial charge in [0, 0.05) is 12.0 Å². The number of para-hydroxylation sites is 1. The van der Waals surface area contributed by atoms with E-state index in [1.807, 2.05) is 45.0 Å². The fraction of sp³-hybridized carbons (Fsp3) is 0.600. The van der Waals surface area contributed by atoms with E-state index in [1.54, 1.807) is 0 Å². The standard InChI is InChI=1S/C15H23NO2/c1-14(2,3)13(17)15(9-16)8-11-6-4-5-7-12(11)18-10-15/h4-7,13,17H,8-10,16H2,1-3H3. The number of aliphatic hydroxyl groups is 1. The summed E-state index contributed by atoms with van der Waals surface area (Å²) in [5, 5.41) is 10.6. The van der Waals surface area contributed by atoms with Gasteiger partial charge < -0.3 is 15.6 Å². The van der Waals surface area contributed by atoms with Crippen LogP contribution in [0.25, 0.3) is 0 Å². The van der Waals surface area contributed by atoms with Gasteiger partial charge in [-0.2, -0.15) is 0 Å². The van der Waals surface area contributed by atoms with E-state index in [4.69, 9.17) is 10.5 Å². The van der Waals surface area contributed by atoms with Crippen LogP contribution < -0.4 is 10.5 Å². The maximum atomic E-state index is 10.6. The lowest BCUT2D eigenvalue weighted by molar-refractivity contribution is -0.0737. The SMILES string of the molecule is CC(C)(C)C(O)C1(CN)COc2ccccc2C1. The maximum Gasteiger partial charge on any atom is 0.122 e. The van der Waals surface area contributed by atoms with Crippen molar-refractivity contribution < 1.29 is 9.84 Å². The van der Waals surface area contributed by atoms with Gasteiger partial charge in [-0.05, 0) is 23.5 Å². The van der Waals surface area contributed by atoms with Crippen molar-refractivity contribution in [1.82, 2.24) is 0 Å². The van der Waals surface area contributed by atoms with Crippen LogP contribution in [-0.2, 0) is 6.42 Å². The summed E-state index contributed by atoms with van der Waals surface area (Å²) in [4.78, 5) is 0. The van der Waals surface area contributed by atoms with E-state index in [9.17, 15) is 5.11 Å². The highest BCUT2D eigenvalue weighted by Gasteiger charge is 2.46. The molecule has 2 atom stereocenters. The molecular weight excluding hydrogens is 226 g/mol. The van der Waals surface area contributed by atoms with Gasteiger partial charge in [-0.25, -0.2) is 0 Å². The van der Waals surface area contributed by atoms with Crippen molar-refractivity contribution in [2.45, 2.75) is 33.3 Å². The Kier molecular flexibility index (Phi) is 3.39. The maximum absolute atomic E-state index is 10.6. The molecular formula is C15H23NO2. The summed E-state index contributed by atoms with van der Waals surface area (Å²) in [6.45, 7) is 7.03. The average Bonchev–Trinajstić information content (AvgIpc) is 2.36. The Morgan fingerprint density at radius 2 is 2.06 bits per heavy atom. The molecule has 2 rings (SSSR count). The molecule has 1 aliphatic heterocycles. The van der Waals surface area contributed by atoms with Crippen molar-refractivity contribution >= 4 is 0 Å². The lowest BCUT2D eigenvalue weighted by atomic mass is 9.67. The molecule has 0 radical (unpaired) electrons. The number of hydrogen-bond donors (Lipinski definition) is 2. The van der Waals surface area contributed by atoms with Crippen molar-refractivity contribution in [2.24, 2.45) is 16.6 Å². The summed E-state index contributed by atoms with van der Waals surface area (Å²) >= 11 is 0. The molecule has 0 aliphatic carbocycles. The minimum Gasteiger partial charge on any atom is -0.493 e. The second-order valence-corrected chi connectivity index (χ2v) is 6.41. The molecule has 1 heterocycles. The third-order valence-electron chi connectivity index (χ3n) is 3.84.